The van der Waals surface area contributed by atoms with Crippen LogP contribution >= 0.6 is 0 Å². The highest BCUT2D eigenvalue weighted by Crippen LogP contribution is 2.14. The van der Waals surface area contributed by atoms with Crippen molar-refractivity contribution in [1.29, 1.82) is 0 Å². The third-order valence-corrected chi connectivity index (χ3v) is 4.96. The second-order valence-corrected chi connectivity index (χ2v) is 6.82. The molecule has 0 aliphatic rings. The topological polar surface area (TPSA) is 81.8 Å². The minimum absolute atomic E-state index is 0.128. The van der Waals surface area contributed by atoms with E-state index in [1.807, 2.05) is 54.9 Å². The minimum atomic E-state index is -0.136. The molecule has 1 amide bonds. The van der Waals surface area contributed by atoms with Gasteiger partial charge in [-0.25, -0.2) is 9.97 Å². The lowest BCUT2D eigenvalue weighted by molar-refractivity contribution is -0.121. The molecule has 28 heavy (non-hydrogen) atoms. The third-order valence-electron chi connectivity index (χ3n) is 4.96. The number of imidazole rings is 1. The van der Waals surface area contributed by atoms with Gasteiger partial charge in [0.2, 0.25) is 5.91 Å². The Morgan fingerprint density at radius 3 is 2.79 bits per heavy atom. The van der Waals surface area contributed by atoms with Crippen LogP contribution in [0, 0.1) is 6.92 Å². The highest BCUT2D eigenvalue weighted by Gasteiger charge is 2.10. The fraction of sp³-hybridized carbons (Fsp3) is 0.238. The first-order chi connectivity index (χ1) is 13.5. The molecule has 4 aromatic rings. The molecule has 0 bridgehead atoms. The second-order valence-electron chi connectivity index (χ2n) is 6.82. The molecular formula is C21H21N5O2. The van der Waals surface area contributed by atoms with Crippen LogP contribution in [0.25, 0.3) is 21.9 Å². The van der Waals surface area contributed by atoms with Crippen molar-refractivity contribution in [2.45, 2.75) is 26.4 Å². The van der Waals surface area contributed by atoms with Crippen molar-refractivity contribution in [3.8, 4) is 0 Å². The molecule has 0 fully saturated rings. The average molecular weight is 375 g/mol. The number of nitrogens with one attached hydrogen (secondary N) is 1. The van der Waals surface area contributed by atoms with E-state index in [1.54, 1.807) is 6.07 Å². The number of carbonyl (C=O) groups excluding carboxylic acids is 1. The van der Waals surface area contributed by atoms with Crippen LogP contribution in [-0.2, 0) is 24.9 Å². The number of nitrogens with zero attached hydrogens (tertiary/aromatic N) is 4. The Morgan fingerprint density at radius 2 is 1.96 bits per heavy atom. The number of amides is 1. The smallest absolute Gasteiger partial charge is 0.261 e. The first kappa shape index (κ1) is 17.9. The zero-order valence-corrected chi connectivity index (χ0v) is 15.8. The highest BCUT2D eigenvalue weighted by molar-refractivity contribution is 5.80. The van der Waals surface area contributed by atoms with Gasteiger partial charge in [-0.2, -0.15) is 0 Å². The van der Waals surface area contributed by atoms with Gasteiger partial charge in [0.25, 0.3) is 5.56 Å². The van der Waals surface area contributed by atoms with Gasteiger partial charge in [0.15, 0.2) is 0 Å². The Hall–Kier alpha value is -3.48. The number of hydrogen-bond acceptors (Lipinski definition) is 4. The van der Waals surface area contributed by atoms with E-state index in [9.17, 15) is 9.59 Å². The van der Waals surface area contributed by atoms with Crippen molar-refractivity contribution in [1.82, 2.24) is 24.4 Å². The lowest BCUT2D eigenvalue weighted by atomic mass is 10.1. The number of carbonyl (C=O) groups is 1. The summed E-state index contributed by atoms with van der Waals surface area (Å²) < 4.78 is 3.45. The van der Waals surface area contributed by atoms with Gasteiger partial charge >= 0.3 is 0 Å². The summed E-state index contributed by atoms with van der Waals surface area (Å²) in [6, 6.07) is 13.4. The molecule has 2 aromatic heterocycles. The number of hydrogen-bond donors (Lipinski definition) is 1. The third kappa shape index (κ3) is 3.26. The van der Waals surface area contributed by atoms with Gasteiger partial charge < -0.3 is 9.88 Å². The van der Waals surface area contributed by atoms with E-state index in [0.717, 1.165) is 22.4 Å². The predicted molar refractivity (Wildman–Crippen MR) is 108 cm³/mol. The van der Waals surface area contributed by atoms with Crippen molar-refractivity contribution in [2.75, 3.05) is 0 Å². The Morgan fingerprint density at radius 1 is 1.14 bits per heavy atom. The molecule has 0 saturated carbocycles. The molecule has 0 spiro atoms. The molecule has 0 atom stereocenters. The molecule has 0 radical (unpaired) electrons. The summed E-state index contributed by atoms with van der Waals surface area (Å²) in [4.78, 5) is 33.8. The first-order valence-corrected chi connectivity index (χ1v) is 9.16. The summed E-state index contributed by atoms with van der Waals surface area (Å²) in [6.45, 7) is 2.55. The van der Waals surface area contributed by atoms with E-state index in [0.29, 0.717) is 17.4 Å². The van der Waals surface area contributed by atoms with Crippen molar-refractivity contribution in [3.63, 3.8) is 0 Å². The average Bonchev–Trinajstić information content (AvgIpc) is 3.02. The van der Waals surface area contributed by atoms with Crippen LogP contribution in [0.5, 0.6) is 0 Å². The Balaban J connectivity index is 1.42. The maximum absolute atomic E-state index is 12.6. The quantitative estimate of drug-likeness (QED) is 0.580. The van der Waals surface area contributed by atoms with E-state index in [1.165, 1.54) is 10.9 Å². The van der Waals surface area contributed by atoms with Crippen LogP contribution < -0.4 is 10.9 Å². The number of fused-ring (bicyclic) bond motifs is 2. The number of aromatic nitrogens is 4. The summed E-state index contributed by atoms with van der Waals surface area (Å²) in [7, 11) is 1.93. The summed E-state index contributed by atoms with van der Waals surface area (Å²) >= 11 is 0. The summed E-state index contributed by atoms with van der Waals surface area (Å²) in [6.07, 6.45) is 1.71. The Kier molecular flexibility index (Phi) is 4.65. The molecule has 142 valence electrons. The van der Waals surface area contributed by atoms with Gasteiger partial charge in [0.1, 0.15) is 5.82 Å². The molecule has 1 N–H and O–H groups in total. The minimum Gasteiger partial charge on any atom is -0.349 e. The lowest BCUT2D eigenvalue weighted by Gasteiger charge is -2.08. The maximum Gasteiger partial charge on any atom is 0.261 e. The molecule has 2 heterocycles. The van der Waals surface area contributed by atoms with Gasteiger partial charge in [0.05, 0.1) is 34.8 Å². The van der Waals surface area contributed by atoms with Gasteiger partial charge in [-0.1, -0.05) is 24.3 Å². The predicted octanol–water partition coefficient (Wildman–Crippen LogP) is 2.30. The number of aryl methyl sites for hydroxylation is 3. The molecule has 7 heteroatoms. The van der Waals surface area contributed by atoms with Gasteiger partial charge in [-0.15, -0.1) is 0 Å². The van der Waals surface area contributed by atoms with Crippen LogP contribution in [0.4, 0.5) is 0 Å². The molecule has 0 saturated heterocycles. The van der Waals surface area contributed by atoms with E-state index in [4.69, 9.17) is 0 Å². The molecular weight excluding hydrogens is 354 g/mol. The normalized spacial score (nSPS) is 11.2. The Bertz CT molecular complexity index is 1240. The zero-order chi connectivity index (χ0) is 19.7. The number of rotatable bonds is 5. The van der Waals surface area contributed by atoms with Crippen molar-refractivity contribution in [2.24, 2.45) is 7.05 Å². The van der Waals surface area contributed by atoms with E-state index >= 15 is 0 Å². The molecule has 0 aliphatic heterocycles. The van der Waals surface area contributed by atoms with E-state index in [2.05, 4.69) is 15.3 Å². The number of benzene rings is 2. The fourth-order valence-electron chi connectivity index (χ4n) is 3.34. The van der Waals surface area contributed by atoms with Gasteiger partial charge in [-0.3, -0.25) is 14.2 Å². The monoisotopic (exact) mass is 375 g/mol. The van der Waals surface area contributed by atoms with E-state index in [-0.39, 0.29) is 24.4 Å². The summed E-state index contributed by atoms with van der Waals surface area (Å²) in [5, 5.41) is 3.45. The van der Waals surface area contributed by atoms with Crippen LogP contribution in [0.3, 0.4) is 0 Å². The summed E-state index contributed by atoms with van der Waals surface area (Å²) in [5.74, 6) is 0.651. The van der Waals surface area contributed by atoms with Gasteiger partial charge in [-0.05, 0) is 30.7 Å². The zero-order valence-electron chi connectivity index (χ0n) is 15.8. The van der Waals surface area contributed by atoms with Crippen molar-refractivity contribution in [3.05, 3.63) is 70.5 Å². The molecule has 7 nitrogen and oxygen atoms in total. The van der Waals surface area contributed by atoms with Crippen LogP contribution in [0.1, 0.15) is 17.8 Å². The van der Waals surface area contributed by atoms with Crippen LogP contribution in [-0.4, -0.2) is 25.0 Å². The molecule has 2 aromatic carbocycles. The molecule has 0 aliphatic carbocycles. The standard InChI is InChI=1S/C21H21N5O2/c1-14-6-5-7-15-20(14)23-13-26(21(15)28)11-10-19(27)22-12-18-24-16-8-3-4-9-17(16)25(18)2/h3-9,13H,10-12H2,1-2H3,(H,22,27). The Labute approximate surface area is 161 Å². The lowest BCUT2D eigenvalue weighted by Crippen LogP contribution is -2.28. The van der Waals surface area contributed by atoms with Crippen molar-refractivity contribution < 1.29 is 4.79 Å². The second kappa shape index (κ2) is 7.26. The molecule has 0 unspecified atom stereocenters. The van der Waals surface area contributed by atoms with Crippen LogP contribution in [0.2, 0.25) is 0 Å². The fourth-order valence-corrected chi connectivity index (χ4v) is 3.34. The van der Waals surface area contributed by atoms with Crippen molar-refractivity contribution >= 4 is 27.8 Å². The largest absolute Gasteiger partial charge is 0.349 e. The van der Waals surface area contributed by atoms with Crippen LogP contribution in [0.15, 0.2) is 53.6 Å². The highest BCUT2D eigenvalue weighted by atomic mass is 16.1. The SMILES string of the molecule is Cc1cccc2c(=O)n(CCC(=O)NCc3nc4ccccc4n3C)cnc12. The van der Waals surface area contributed by atoms with Gasteiger partial charge in [0, 0.05) is 20.0 Å². The van der Waals surface area contributed by atoms with E-state index < -0.39 is 0 Å². The first-order valence-electron chi connectivity index (χ1n) is 9.16. The maximum atomic E-state index is 12.6. The molecule has 4 rings (SSSR count). The number of para-hydroxylation sites is 3. The summed E-state index contributed by atoms with van der Waals surface area (Å²) in [5.41, 5.74) is 3.46.